The normalized spacial score (nSPS) is 9.86. The number of alkyl carbamates (subject to hydrolysis) is 1. The molecule has 0 atom stereocenters. The molecule has 6 heteroatoms. The molecule has 120 valence electrons. The molecule has 0 unspecified atom stereocenters. The average molecular weight is 306 g/mol. The number of ether oxygens (including phenoxy) is 1. The number of aromatic nitrogens is 1. The van der Waals surface area contributed by atoms with E-state index in [4.69, 9.17) is 4.74 Å². The van der Waals surface area contributed by atoms with E-state index in [9.17, 15) is 9.59 Å². The molecule has 0 aliphatic rings. The maximum absolute atomic E-state index is 11.5. The summed E-state index contributed by atoms with van der Waals surface area (Å²) in [5.41, 5.74) is 1.13. The molecule has 1 rings (SSSR count). The van der Waals surface area contributed by atoms with E-state index in [-0.39, 0.29) is 6.09 Å². The second-order valence-electron chi connectivity index (χ2n) is 4.99. The fraction of sp³-hybridized carbons (Fsp3) is 0.562. The van der Waals surface area contributed by atoms with Crippen LogP contribution < -0.4 is 9.88 Å². The number of amides is 1. The molecule has 1 aromatic heterocycles. The third kappa shape index (κ3) is 8.17. The number of pyridine rings is 1. The van der Waals surface area contributed by atoms with Gasteiger partial charge in [-0.2, -0.15) is 4.57 Å². The summed E-state index contributed by atoms with van der Waals surface area (Å²) < 4.78 is 7.17. The molecule has 0 radical (unpaired) electrons. The van der Waals surface area contributed by atoms with Crippen molar-refractivity contribution in [2.24, 2.45) is 4.99 Å². The number of hydrogen-bond donors (Lipinski definition) is 1. The van der Waals surface area contributed by atoms with Gasteiger partial charge in [-0.25, -0.2) is 14.6 Å². The summed E-state index contributed by atoms with van der Waals surface area (Å²) in [5, 5.41) is 2.73. The van der Waals surface area contributed by atoms with Crippen LogP contribution in [-0.4, -0.2) is 31.9 Å². The third-order valence-electron chi connectivity index (χ3n) is 3.26. The molecule has 0 aliphatic carbocycles. The van der Waals surface area contributed by atoms with E-state index in [1.165, 1.54) is 6.08 Å². The lowest BCUT2D eigenvalue weighted by molar-refractivity contribution is -0.703. The molecular weight excluding hydrogens is 282 g/mol. The Labute approximate surface area is 131 Å². The van der Waals surface area contributed by atoms with E-state index in [2.05, 4.69) is 10.3 Å². The van der Waals surface area contributed by atoms with Gasteiger partial charge >= 0.3 is 6.09 Å². The fourth-order valence-electron chi connectivity index (χ4n) is 2.01. The summed E-state index contributed by atoms with van der Waals surface area (Å²) in [5.74, 6) is 0. The van der Waals surface area contributed by atoms with Gasteiger partial charge in [0.1, 0.15) is 0 Å². The minimum absolute atomic E-state index is 0.352. The van der Waals surface area contributed by atoms with E-state index in [1.54, 1.807) is 0 Å². The molecule has 1 heterocycles. The molecule has 6 nitrogen and oxygen atoms in total. The van der Waals surface area contributed by atoms with Crippen LogP contribution in [0, 0.1) is 6.92 Å². The Bertz CT molecular complexity index is 499. The number of isocyanates is 1. The molecule has 1 N–H and O–H groups in total. The first-order valence-corrected chi connectivity index (χ1v) is 7.63. The smallest absolute Gasteiger partial charge is 0.407 e. The van der Waals surface area contributed by atoms with Crippen molar-refractivity contribution in [3.63, 3.8) is 0 Å². The molecule has 22 heavy (non-hydrogen) atoms. The molecule has 1 amide bonds. The monoisotopic (exact) mass is 306 g/mol. The van der Waals surface area contributed by atoms with Crippen LogP contribution in [-0.2, 0) is 16.1 Å². The van der Waals surface area contributed by atoms with Crippen molar-refractivity contribution in [3.8, 4) is 0 Å². The Morgan fingerprint density at radius 2 is 2.14 bits per heavy atom. The summed E-state index contributed by atoms with van der Waals surface area (Å²) in [6, 6.07) is 5.94. The van der Waals surface area contributed by atoms with Gasteiger partial charge in [-0.3, -0.25) is 0 Å². The highest BCUT2D eigenvalue weighted by Gasteiger charge is 2.06. The Morgan fingerprint density at radius 1 is 1.32 bits per heavy atom. The van der Waals surface area contributed by atoms with Gasteiger partial charge in [0.2, 0.25) is 6.08 Å². The van der Waals surface area contributed by atoms with Crippen molar-refractivity contribution >= 4 is 12.2 Å². The molecule has 0 bridgehead atoms. The SMILES string of the molecule is Cc1cccc[n+]1CCOC(=O)NCCCCCCN=C=O. The summed E-state index contributed by atoms with van der Waals surface area (Å²) in [4.78, 5) is 24.8. The van der Waals surface area contributed by atoms with Gasteiger partial charge in [0, 0.05) is 25.6 Å². The summed E-state index contributed by atoms with van der Waals surface area (Å²) >= 11 is 0. The van der Waals surface area contributed by atoms with Gasteiger partial charge in [-0.15, -0.1) is 0 Å². The molecule has 0 saturated carbocycles. The predicted octanol–water partition coefficient (Wildman–Crippen LogP) is 1.90. The van der Waals surface area contributed by atoms with Crippen molar-refractivity contribution in [1.82, 2.24) is 5.32 Å². The highest BCUT2D eigenvalue weighted by atomic mass is 16.5. The number of hydrogen-bond acceptors (Lipinski definition) is 4. The van der Waals surface area contributed by atoms with Gasteiger partial charge in [0.25, 0.3) is 0 Å². The first kappa shape index (κ1) is 17.9. The Hall–Kier alpha value is -2.20. The van der Waals surface area contributed by atoms with Crippen LogP contribution in [0.1, 0.15) is 31.4 Å². The highest BCUT2D eigenvalue weighted by Crippen LogP contribution is 1.98. The zero-order valence-corrected chi connectivity index (χ0v) is 13.1. The van der Waals surface area contributed by atoms with Crippen molar-refractivity contribution < 1.29 is 18.9 Å². The van der Waals surface area contributed by atoms with Crippen molar-refractivity contribution in [2.75, 3.05) is 19.7 Å². The zero-order chi connectivity index (χ0) is 16.0. The largest absolute Gasteiger partial charge is 0.443 e. The number of nitrogens with one attached hydrogen (secondary N) is 1. The van der Waals surface area contributed by atoms with E-state index in [0.717, 1.165) is 31.4 Å². The van der Waals surface area contributed by atoms with Crippen LogP contribution in [0.25, 0.3) is 0 Å². The number of aryl methyl sites for hydroxylation is 1. The van der Waals surface area contributed by atoms with Gasteiger partial charge in [-0.05, 0) is 12.8 Å². The molecule has 0 aromatic carbocycles. The standard InChI is InChI=1S/C16H23N3O3/c1-15-8-4-7-11-19(15)12-13-22-16(21)18-10-6-3-2-5-9-17-14-20/h4,7-8,11H,2-3,5-6,9-10,12-13H2,1H3/p+1. The van der Waals surface area contributed by atoms with Crippen LogP contribution in [0.5, 0.6) is 0 Å². The van der Waals surface area contributed by atoms with Gasteiger partial charge in [-0.1, -0.05) is 18.9 Å². The Balaban J connectivity index is 2.00. The maximum Gasteiger partial charge on any atom is 0.407 e. The summed E-state index contributed by atoms with van der Waals surface area (Å²) in [6.45, 7) is 4.16. The molecule has 0 spiro atoms. The lowest BCUT2D eigenvalue weighted by atomic mass is 10.2. The minimum Gasteiger partial charge on any atom is -0.443 e. The van der Waals surface area contributed by atoms with E-state index in [0.29, 0.717) is 26.2 Å². The van der Waals surface area contributed by atoms with E-state index < -0.39 is 0 Å². The zero-order valence-electron chi connectivity index (χ0n) is 13.1. The molecule has 0 aliphatic heterocycles. The van der Waals surface area contributed by atoms with Crippen LogP contribution in [0.2, 0.25) is 0 Å². The Morgan fingerprint density at radius 3 is 2.91 bits per heavy atom. The fourth-order valence-corrected chi connectivity index (χ4v) is 2.01. The summed E-state index contributed by atoms with van der Waals surface area (Å²) in [7, 11) is 0. The van der Waals surface area contributed by atoms with Gasteiger partial charge in [0.15, 0.2) is 25.0 Å². The second-order valence-corrected chi connectivity index (χ2v) is 4.99. The van der Waals surface area contributed by atoms with Crippen molar-refractivity contribution in [3.05, 3.63) is 30.1 Å². The van der Waals surface area contributed by atoms with E-state index in [1.807, 2.05) is 35.9 Å². The van der Waals surface area contributed by atoms with E-state index >= 15 is 0 Å². The predicted molar refractivity (Wildman–Crippen MR) is 82.2 cm³/mol. The second kappa shape index (κ2) is 11.5. The molecular formula is C16H24N3O3+. The number of carbonyl (C=O) groups excluding carboxylic acids is 2. The minimum atomic E-state index is -0.375. The van der Waals surface area contributed by atoms with Gasteiger partial charge in [0.05, 0.1) is 6.54 Å². The number of unbranched alkanes of at least 4 members (excludes halogenated alkanes) is 3. The van der Waals surface area contributed by atoms with Gasteiger partial charge < -0.3 is 10.1 Å². The third-order valence-corrected chi connectivity index (χ3v) is 3.26. The number of carbonyl (C=O) groups is 1. The highest BCUT2D eigenvalue weighted by molar-refractivity contribution is 5.66. The van der Waals surface area contributed by atoms with Crippen molar-refractivity contribution in [1.29, 1.82) is 0 Å². The van der Waals surface area contributed by atoms with Crippen molar-refractivity contribution in [2.45, 2.75) is 39.2 Å². The number of rotatable bonds is 10. The molecule has 1 aromatic rings. The van der Waals surface area contributed by atoms with Crippen LogP contribution in [0.3, 0.4) is 0 Å². The lowest BCUT2D eigenvalue weighted by Gasteiger charge is -2.06. The quantitative estimate of drug-likeness (QED) is 0.311. The van der Waals surface area contributed by atoms with Crippen LogP contribution in [0.15, 0.2) is 29.4 Å². The first-order valence-electron chi connectivity index (χ1n) is 7.63. The number of aliphatic imine (C=N–C) groups is 1. The summed E-state index contributed by atoms with van der Waals surface area (Å²) in [6.07, 6.45) is 6.87. The average Bonchev–Trinajstić information content (AvgIpc) is 2.52. The van der Waals surface area contributed by atoms with Crippen LogP contribution >= 0.6 is 0 Å². The number of nitrogens with zero attached hydrogens (tertiary/aromatic N) is 2. The first-order chi connectivity index (χ1) is 10.7. The maximum atomic E-state index is 11.5. The molecule has 0 fully saturated rings. The topological polar surface area (TPSA) is 71.6 Å². The lowest BCUT2D eigenvalue weighted by Crippen LogP contribution is -2.39. The Kier molecular flexibility index (Phi) is 9.30. The molecule has 0 saturated heterocycles. The van der Waals surface area contributed by atoms with Crippen LogP contribution in [0.4, 0.5) is 4.79 Å².